The number of halogens is 6. The van der Waals surface area contributed by atoms with Crippen LogP contribution in [0.3, 0.4) is 0 Å². The second kappa shape index (κ2) is 48.7. The normalized spacial score (nSPS) is 12.2. The number of thiol groups is 1. The molecular formula is C91H73Br5FKN4O20S5. The van der Waals surface area contributed by atoms with Crippen molar-refractivity contribution in [2.24, 2.45) is 0 Å². The molecule has 5 aliphatic heterocycles. The fourth-order valence-corrected chi connectivity index (χ4v) is 18.0. The Kier molecular flexibility index (Phi) is 38.7. The third kappa shape index (κ3) is 28.7. The summed E-state index contributed by atoms with van der Waals surface area (Å²) in [5.74, 6) is 5.98. The molecule has 0 radical (unpaired) electrons. The molecule has 0 unspecified atom stereocenters. The fraction of sp³-hybridized carbons (Fsp3) is 0.0659. The summed E-state index contributed by atoms with van der Waals surface area (Å²) in [6, 6.07) is 92.2. The number of fused-ring (bicyclic) bond motifs is 10. The molecule has 127 heavy (non-hydrogen) atoms. The van der Waals surface area contributed by atoms with Crippen LogP contribution < -0.4 is 90.4 Å². The number of ether oxygens (including phenoxy) is 5. The molecule has 0 saturated heterocycles. The molecule has 0 aromatic heterocycles. The molecule has 6 N–H and O–H groups in total. The smallest absolute Gasteiger partial charge is 0.850 e. The Morgan fingerprint density at radius 2 is 0.819 bits per heavy atom. The summed E-state index contributed by atoms with van der Waals surface area (Å²) in [5.41, 5.74) is 3.89. The summed E-state index contributed by atoms with van der Waals surface area (Å²) in [4.78, 5) is 36.3. The van der Waals surface area contributed by atoms with Gasteiger partial charge in [0.05, 0.1) is 70.9 Å². The van der Waals surface area contributed by atoms with Crippen molar-refractivity contribution in [1.82, 2.24) is 0 Å². The Morgan fingerprint density at radius 3 is 1.31 bits per heavy atom. The number of nitrogens with zero attached hydrogens (tertiary/aromatic N) is 3. The Labute approximate surface area is 830 Å². The van der Waals surface area contributed by atoms with Gasteiger partial charge >= 0.3 is 51.4 Å². The van der Waals surface area contributed by atoms with Crippen molar-refractivity contribution in [1.29, 1.82) is 0 Å². The first kappa shape index (κ1) is 101. The zero-order valence-electron chi connectivity index (χ0n) is 68.2. The van der Waals surface area contributed by atoms with E-state index in [0.717, 1.165) is 83.7 Å². The molecule has 0 saturated carbocycles. The van der Waals surface area contributed by atoms with Gasteiger partial charge in [0.2, 0.25) is 19.7 Å². The number of carboxylic acid groups (broad SMARTS) is 1. The number of aromatic hydroxyl groups is 2. The first-order valence-corrected chi connectivity index (χ1v) is 45.6. The van der Waals surface area contributed by atoms with Crippen LogP contribution >= 0.6 is 116 Å². The van der Waals surface area contributed by atoms with E-state index in [2.05, 4.69) is 110 Å². The second-order valence-corrected chi connectivity index (χ2v) is 37.5. The van der Waals surface area contributed by atoms with Gasteiger partial charge in [-0.05, 0) is 198 Å². The van der Waals surface area contributed by atoms with Gasteiger partial charge in [-0.25, -0.2) is 16.8 Å². The number of benzene rings is 14. The van der Waals surface area contributed by atoms with E-state index in [4.69, 9.17) is 50.6 Å². The number of alkyl halides is 1. The second-order valence-electron chi connectivity index (χ2n) is 26.6. The molecule has 5 heterocycles. The number of rotatable bonds is 5. The Morgan fingerprint density at radius 1 is 0.465 bits per heavy atom. The number of hydrogen-bond acceptors (Lipinski definition) is 24. The van der Waals surface area contributed by atoms with Crippen LogP contribution in [0.15, 0.2) is 376 Å². The van der Waals surface area contributed by atoms with Crippen molar-refractivity contribution in [3.05, 3.63) is 352 Å². The number of aliphatic carboxylic acids is 1. The number of anilines is 5. The minimum absolute atomic E-state index is 0. The van der Waals surface area contributed by atoms with Crippen molar-refractivity contribution in [3.8, 4) is 69.0 Å². The molecule has 14 aromatic rings. The third-order valence-corrected chi connectivity index (χ3v) is 25.4. The number of nitro groups is 2. The van der Waals surface area contributed by atoms with Gasteiger partial charge in [-0.15, -0.1) is 18.2 Å². The predicted molar refractivity (Wildman–Crippen MR) is 503 cm³/mol. The quantitative estimate of drug-likeness (QED) is 0.0277. The van der Waals surface area contributed by atoms with E-state index in [1.54, 1.807) is 184 Å². The molecular weight excluding hydrogens is 2090 g/mol. The average molecular weight is 2160 g/mol. The maximum atomic E-state index is 13.1. The van der Waals surface area contributed by atoms with E-state index in [0.29, 0.717) is 51.1 Å². The molecule has 650 valence electrons. The van der Waals surface area contributed by atoms with Crippen LogP contribution in [0.2, 0.25) is 0 Å². The fourth-order valence-electron chi connectivity index (χ4n) is 11.2. The summed E-state index contributed by atoms with van der Waals surface area (Å²) in [6.07, 6.45) is 0. The van der Waals surface area contributed by atoms with Gasteiger partial charge in [0.1, 0.15) is 65.6 Å². The zero-order valence-corrected chi connectivity index (χ0v) is 82.4. The number of carboxylic acids is 1. The van der Waals surface area contributed by atoms with Crippen molar-refractivity contribution < 1.29 is 143 Å². The number of sulfone groups is 2. The van der Waals surface area contributed by atoms with Crippen LogP contribution in [-0.2, 0) is 24.5 Å². The predicted octanol–water partition coefficient (Wildman–Crippen LogP) is 24.7. The number of phenolic OH excluding ortho intramolecular Hbond substituents is 2. The molecule has 0 atom stereocenters. The van der Waals surface area contributed by atoms with Gasteiger partial charge in [-0.2, -0.15) is 0 Å². The van der Waals surface area contributed by atoms with Crippen LogP contribution in [-0.4, -0.2) is 71.2 Å². The van der Waals surface area contributed by atoms with Crippen LogP contribution in [0.1, 0.15) is 29.1 Å². The molecule has 0 fully saturated rings. The molecule has 14 aromatic carbocycles. The molecule has 0 amide bonds. The SMILES string of the molecule is Brc1ccc2c(c1)Oc1ccccc1S2.CC(=O)O.CC(C)(C)[O-].O=S1(=O)c2ccccc2Oc2cc(Br)ccc21.O=S1(=O)c2ccccc2Oc2cc(N3c4ccccc4Oc4ccccc43)ccc21.O=[N+]([O-])c1cc(Br)ccc1Br.O=[N+]([O-])c1cc(Br)ccc1Sc1ccccc1O.OO.Oc1ccccc1S.[2H]CF.[K+].c1ccc2c(c1)Nc1ccccc1O2. The average Bonchev–Trinajstić information content (AvgIpc) is 0.745. The maximum absolute atomic E-state index is 13.1. The van der Waals surface area contributed by atoms with E-state index >= 15 is 0 Å². The molecule has 24 nitrogen and oxygen atoms in total. The summed E-state index contributed by atoms with van der Waals surface area (Å²) < 4.78 is 99.1. The van der Waals surface area contributed by atoms with Crippen molar-refractivity contribution in [3.63, 3.8) is 0 Å². The van der Waals surface area contributed by atoms with Crippen molar-refractivity contribution in [2.75, 3.05) is 17.4 Å². The van der Waals surface area contributed by atoms with Gasteiger partial charge < -0.3 is 54.3 Å². The van der Waals surface area contributed by atoms with Crippen molar-refractivity contribution >= 4 is 181 Å². The van der Waals surface area contributed by atoms with Gasteiger partial charge in [0.15, 0.2) is 23.0 Å². The molecule has 5 aliphatic rings. The minimum Gasteiger partial charge on any atom is -0.850 e. The summed E-state index contributed by atoms with van der Waals surface area (Å²) in [5, 5.41) is 72.6. The monoisotopic (exact) mass is 2150 g/mol. The van der Waals surface area contributed by atoms with Crippen LogP contribution in [0.25, 0.3) is 0 Å². The number of phenols is 2. The van der Waals surface area contributed by atoms with Gasteiger partial charge in [0, 0.05) is 47.9 Å². The standard InChI is InChI=1S/C24H15NO4S.C12H8BrNO3S.C12H7BrO3S.C12H7BrOS.C12H9NO.C6H3Br2NO2.C6H6OS.C4H9O.C2H4O2.CH3F.K.H2O2/c26-30(27)23-12-6-5-11-21(23)29-22-15-16(13-14-24(22)30)25-17-7-1-3-9-19(17)28-20-10-4-2-8-18(20)25;13-8-5-6-11(9(7-8)14(16)17)18-12-4-2-1-3-10(12)15;13-8-5-6-12-10(7-8)16-9-3-1-2-4-11(9)17(12,14)15;13-8-5-6-12-10(7-8)14-9-3-1-2-4-11(9)15-12;1-3-7-11-9(5-1)13-10-6-2-4-8-12(10)14-11;7-4-1-2-5(8)6(3-4)9(10)11;7-5-3-1-2-4-6(5)8;1-4(2,3)5;1-2(3)4;1-2;;1-2/h1-15H;1-7,15H;1-7H;1-7H;1-8,13H;1-3H;1-4,7-8H;1-3H3;1H3,(H,3,4);1H3;;1-2H/q;;;;;;;-1;;;+1;/i;;;;;;;;;1D;;. The number of nitro benzene ring substituents is 2. The number of hydrogen-bond donors (Lipinski definition) is 7. The number of para-hydroxylation sites is 13. The minimum atomic E-state index is -3.64. The summed E-state index contributed by atoms with van der Waals surface area (Å²) in [6.45, 7) is 5.98. The first-order valence-electron chi connectivity index (χ1n) is 37.2. The zero-order chi connectivity index (χ0) is 92.3. The van der Waals surface area contributed by atoms with Crippen LogP contribution in [0, 0.1) is 20.2 Å². The Hall–Kier alpha value is -9.65. The summed E-state index contributed by atoms with van der Waals surface area (Å²) in [7, 11) is -8.10. The molecule has 0 aliphatic carbocycles. The third-order valence-electron chi connectivity index (χ3n) is 16.5. The van der Waals surface area contributed by atoms with E-state index in [1.807, 2.05) is 138 Å². The molecule has 0 spiro atoms. The molecule has 0 bridgehead atoms. The number of nitrogens with one attached hydrogen (secondary N) is 1. The van der Waals surface area contributed by atoms with Crippen molar-refractivity contribution in [2.45, 2.75) is 77.4 Å². The molecule has 19 rings (SSSR count). The first-order chi connectivity index (χ1) is 60.6. The Bertz CT molecular complexity index is 6340. The topological polar surface area (TPSA) is 357 Å². The maximum Gasteiger partial charge on any atom is 1.00 e. The molecule has 36 heteroatoms. The largest absolute Gasteiger partial charge is 1.00 e. The van der Waals surface area contributed by atoms with Gasteiger partial charge in [0.25, 0.3) is 17.3 Å². The van der Waals surface area contributed by atoms with E-state index in [-0.39, 0.29) is 93.8 Å². The number of carbonyl (C=O) groups is 1. The van der Waals surface area contributed by atoms with E-state index < -0.39 is 48.2 Å². The van der Waals surface area contributed by atoms with Crippen LogP contribution in [0.4, 0.5) is 44.2 Å². The van der Waals surface area contributed by atoms with Gasteiger partial charge in [-0.1, -0.05) is 217 Å². The van der Waals surface area contributed by atoms with Crippen LogP contribution in [0.5, 0.6) is 69.0 Å². The van der Waals surface area contributed by atoms with E-state index in [9.17, 15) is 51.7 Å². The summed E-state index contributed by atoms with van der Waals surface area (Å²) >= 11 is 23.0. The van der Waals surface area contributed by atoms with Gasteiger partial charge in [-0.3, -0.25) is 39.9 Å². The Balaban J connectivity index is 0.000000185. The van der Waals surface area contributed by atoms with E-state index in [1.165, 1.54) is 28.8 Å².